The van der Waals surface area contributed by atoms with Crippen LogP contribution >= 0.6 is 0 Å². The van der Waals surface area contributed by atoms with Crippen molar-refractivity contribution < 1.29 is 24.6 Å². The number of rotatable bonds is 7. The number of amides is 2. The smallest absolute Gasteiger partial charge is 0.322 e. The van der Waals surface area contributed by atoms with E-state index in [1.165, 1.54) is 0 Å². The number of carboxylic acid groups (broad SMARTS) is 1. The number of piperidine rings is 1. The second kappa shape index (κ2) is 8.91. The average molecular weight is 507 g/mol. The summed E-state index contributed by atoms with van der Waals surface area (Å²) in [6, 6.07) is 3.11. The minimum Gasteiger partial charge on any atom is -0.480 e. The number of aliphatic hydroxyl groups excluding tert-OH is 1. The molecule has 1 saturated carbocycles. The number of nitrogens with one attached hydrogen (secondary N) is 1. The van der Waals surface area contributed by atoms with Crippen molar-refractivity contribution in [2.45, 2.75) is 65.3 Å². The van der Waals surface area contributed by atoms with Crippen molar-refractivity contribution in [3.05, 3.63) is 41.6 Å². The van der Waals surface area contributed by atoms with E-state index >= 15 is 0 Å². The number of aromatic nitrogens is 4. The van der Waals surface area contributed by atoms with E-state index in [0.717, 1.165) is 34.0 Å². The maximum Gasteiger partial charge on any atom is 0.322 e. The van der Waals surface area contributed by atoms with Gasteiger partial charge in [-0.25, -0.2) is 9.97 Å². The third-order valence-corrected chi connectivity index (χ3v) is 7.50. The van der Waals surface area contributed by atoms with Gasteiger partial charge in [-0.15, -0.1) is 0 Å². The van der Waals surface area contributed by atoms with E-state index < -0.39 is 30.6 Å². The Bertz CT molecular complexity index is 1420. The van der Waals surface area contributed by atoms with Crippen LogP contribution in [0.4, 0.5) is 0 Å². The summed E-state index contributed by atoms with van der Waals surface area (Å²) in [4.78, 5) is 47.4. The molecule has 2 aliphatic rings. The molecule has 5 rings (SSSR count). The number of fused-ring (bicyclic) bond motifs is 2. The fraction of sp³-hybridized carbons (Fsp3) is 0.462. The van der Waals surface area contributed by atoms with Crippen molar-refractivity contribution in [1.29, 1.82) is 0 Å². The van der Waals surface area contributed by atoms with Gasteiger partial charge in [0, 0.05) is 29.4 Å². The Labute approximate surface area is 213 Å². The number of carboxylic acids is 1. The monoisotopic (exact) mass is 506 g/mol. The first-order chi connectivity index (χ1) is 17.5. The summed E-state index contributed by atoms with van der Waals surface area (Å²) in [5, 5.41) is 27.2. The van der Waals surface area contributed by atoms with Gasteiger partial charge in [0.2, 0.25) is 11.8 Å². The zero-order valence-corrected chi connectivity index (χ0v) is 21.2. The third-order valence-electron chi connectivity index (χ3n) is 7.50. The summed E-state index contributed by atoms with van der Waals surface area (Å²) in [5.74, 6) is -1.19. The molecule has 2 unspecified atom stereocenters. The zero-order valence-electron chi connectivity index (χ0n) is 21.2. The Morgan fingerprint density at radius 3 is 2.51 bits per heavy atom. The average Bonchev–Trinajstić information content (AvgIpc) is 3.19. The van der Waals surface area contributed by atoms with Crippen LogP contribution in [0.3, 0.4) is 0 Å². The molecule has 1 aromatic carbocycles. The summed E-state index contributed by atoms with van der Waals surface area (Å²) in [6.07, 6.45) is 3.93. The van der Waals surface area contributed by atoms with Crippen LogP contribution in [0.25, 0.3) is 22.0 Å². The normalized spacial score (nSPS) is 23.1. The summed E-state index contributed by atoms with van der Waals surface area (Å²) in [5.41, 5.74) is 3.62. The van der Waals surface area contributed by atoms with Crippen LogP contribution in [0, 0.1) is 19.3 Å². The second-order valence-corrected chi connectivity index (χ2v) is 10.4. The van der Waals surface area contributed by atoms with Crippen LogP contribution in [0.5, 0.6) is 0 Å². The molecule has 0 bridgehead atoms. The molecule has 2 amide bonds. The lowest BCUT2D eigenvalue weighted by atomic mass is 10.0. The lowest BCUT2D eigenvalue weighted by molar-refractivity contribution is -0.142. The number of aliphatic hydroxyl groups is 1. The van der Waals surface area contributed by atoms with E-state index in [0.29, 0.717) is 17.9 Å². The molecular weight excluding hydrogens is 476 g/mol. The highest BCUT2D eigenvalue weighted by Crippen LogP contribution is 2.59. The minimum atomic E-state index is -1.14. The predicted octanol–water partition coefficient (Wildman–Crippen LogP) is 1.74. The van der Waals surface area contributed by atoms with E-state index in [1.54, 1.807) is 28.9 Å². The molecule has 0 spiro atoms. The van der Waals surface area contributed by atoms with Crippen LogP contribution in [-0.4, -0.2) is 71.3 Å². The molecule has 11 nitrogen and oxygen atoms in total. The van der Waals surface area contributed by atoms with Crippen molar-refractivity contribution in [2.75, 3.05) is 6.54 Å². The number of aliphatic carboxylic acids is 1. The summed E-state index contributed by atoms with van der Waals surface area (Å²) < 4.78 is 1.59. The number of nitrogens with zero attached hydrogens (tertiary/aromatic N) is 5. The number of hydrogen-bond acceptors (Lipinski definition) is 7. The molecule has 3 aromatic rings. The van der Waals surface area contributed by atoms with E-state index in [4.69, 9.17) is 5.11 Å². The maximum absolute atomic E-state index is 13.6. The quantitative estimate of drug-likeness (QED) is 0.438. The lowest BCUT2D eigenvalue weighted by Gasteiger charge is -2.26. The van der Waals surface area contributed by atoms with Crippen LogP contribution in [-0.2, 0) is 20.9 Å². The van der Waals surface area contributed by atoms with E-state index in [9.17, 15) is 19.5 Å². The van der Waals surface area contributed by atoms with Crippen LogP contribution in [0.1, 0.15) is 49.9 Å². The topological polar surface area (TPSA) is 151 Å². The first-order valence-corrected chi connectivity index (χ1v) is 12.3. The lowest BCUT2D eigenvalue weighted by Crippen LogP contribution is -2.49. The summed E-state index contributed by atoms with van der Waals surface area (Å²) in [6.45, 7) is 6.81. The van der Waals surface area contributed by atoms with Gasteiger partial charge >= 0.3 is 5.97 Å². The van der Waals surface area contributed by atoms with Crippen molar-refractivity contribution in [1.82, 2.24) is 30.0 Å². The van der Waals surface area contributed by atoms with E-state index in [1.807, 2.05) is 32.9 Å². The van der Waals surface area contributed by atoms with Gasteiger partial charge in [-0.1, -0.05) is 6.92 Å². The Morgan fingerprint density at radius 1 is 1.16 bits per heavy atom. The Morgan fingerprint density at radius 2 is 1.86 bits per heavy atom. The summed E-state index contributed by atoms with van der Waals surface area (Å²) in [7, 11) is 0. The van der Waals surface area contributed by atoms with Crippen LogP contribution in [0.2, 0.25) is 0 Å². The van der Waals surface area contributed by atoms with E-state index in [2.05, 4.69) is 20.4 Å². The Hall–Kier alpha value is -3.86. The first-order valence-electron chi connectivity index (χ1n) is 12.3. The number of likely N-dealkylation sites (tertiary alicyclic amines) is 1. The van der Waals surface area contributed by atoms with Gasteiger partial charge in [0.15, 0.2) is 0 Å². The molecule has 2 aromatic heterocycles. The van der Waals surface area contributed by atoms with Crippen LogP contribution < -0.4 is 5.32 Å². The van der Waals surface area contributed by atoms with Gasteiger partial charge in [0.1, 0.15) is 25.0 Å². The fourth-order valence-electron chi connectivity index (χ4n) is 5.53. The second-order valence-electron chi connectivity index (χ2n) is 10.4. The van der Waals surface area contributed by atoms with Gasteiger partial charge in [-0.3, -0.25) is 19.1 Å². The molecule has 3 N–H and O–H groups in total. The standard InChI is InChI=1S/C26H30N6O5/c1-13-5-16(17-9-27-15(3)28-10-17)6-18-23(14(2)33)30-31(24(13)18)12-21(34)32-19(7-26(4)8-20(26)32)25(37)29-11-22(35)36/h5-6,9-10,14,19-20,33H,7-8,11-12H2,1-4H3,(H,29,37)(H,35,36)/t14?,19-,20?,26-/m0/s1. The van der Waals surface area contributed by atoms with Crippen molar-refractivity contribution in [3.8, 4) is 11.1 Å². The highest BCUT2D eigenvalue weighted by molar-refractivity contribution is 5.93. The largest absolute Gasteiger partial charge is 0.480 e. The zero-order chi connectivity index (χ0) is 26.6. The van der Waals surface area contributed by atoms with Gasteiger partial charge in [0.25, 0.3) is 0 Å². The number of hydrogen-bond donors (Lipinski definition) is 3. The molecule has 194 valence electrons. The molecule has 1 aliphatic heterocycles. The molecule has 37 heavy (non-hydrogen) atoms. The maximum atomic E-state index is 13.6. The minimum absolute atomic E-state index is 0.0622. The Balaban J connectivity index is 1.48. The molecule has 11 heteroatoms. The Kier molecular flexibility index (Phi) is 5.98. The van der Waals surface area contributed by atoms with Crippen molar-refractivity contribution in [2.24, 2.45) is 5.41 Å². The first kappa shape index (κ1) is 24.8. The fourth-order valence-corrected chi connectivity index (χ4v) is 5.53. The van der Waals surface area contributed by atoms with Crippen LogP contribution in [0.15, 0.2) is 24.5 Å². The molecule has 4 atom stereocenters. The molecule has 0 radical (unpaired) electrons. The number of aryl methyl sites for hydroxylation is 2. The molecular formula is C26H30N6O5. The van der Waals surface area contributed by atoms with Gasteiger partial charge < -0.3 is 20.4 Å². The molecule has 1 saturated heterocycles. The SMILES string of the molecule is Cc1ncc(-c2cc(C)c3c(c2)c(C(C)O)nn3CC(=O)N2C3C[C@]3(C)C[C@H]2C(=O)NCC(=O)O)cn1. The highest BCUT2D eigenvalue weighted by atomic mass is 16.4. The summed E-state index contributed by atoms with van der Waals surface area (Å²) >= 11 is 0. The molecule has 2 fully saturated rings. The number of carbonyl (C=O) groups is 3. The third kappa shape index (κ3) is 4.43. The van der Waals surface area contributed by atoms with Gasteiger partial charge in [-0.05, 0) is 62.3 Å². The van der Waals surface area contributed by atoms with E-state index in [-0.39, 0.29) is 23.9 Å². The molecule has 1 aliphatic carbocycles. The van der Waals surface area contributed by atoms with Gasteiger partial charge in [-0.2, -0.15) is 5.10 Å². The highest BCUT2D eigenvalue weighted by Gasteiger charge is 2.64. The van der Waals surface area contributed by atoms with Gasteiger partial charge in [0.05, 0.1) is 17.3 Å². The number of benzene rings is 1. The number of carbonyl (C=O) groups excluding carboxylic acids is 2. The van der Waals surface area contributed by atoms with Crippen molar-refractivity contribution >= 4 is 28.7 Å². The van der Waals surface area contributed by atoms with Crippen molar-refractivity contribution in [3.63, 3.8) is 0 Å². The molecule has 3 heterocycles. The predicted molar refractivity (Wildman–Crippen MR) is 133 cm³/mol.